The Balaban J connectivity index is 1.50. The summed E-state index contributed by atoms with van der Waals surface area (Å²) >= 11 is 0. The maximum atomic E-state index is 14.7. The van der Waals surface area contributed by atoms with Crippen LogP contribution in [0.4, 0.5) is 10.3 Å². The molecule has 1 aliphatic heterocycles. The lowest BCUT2D eigenvalue weighted by molar-refractivity contribution is -0.129. The summed E-state index contributed by atoms with van der Waals surface area (Å²) in [6.45, 7) is 0.226. The lowest BCUT2D eigenvalue weighted by Gasteiger charge is -2.19. The van der Waals surface area contributed by atoms with Crippen molar-refractivity contribution in [3.05, 3.63) is 76.8 Å². The quantitative estimate of drug-likeness (QED) is 0.700. The number of pyridine rings is 1. The SMILES string of the molecule is Cn1c(N[C@@H]2CN(C(=O)Cc3ccccc3)C[C@H]2F)nc(-c2ccncc2)cc1=O. The first-order chi connectivity index (χ1) is 14.5. The van der Waals surface area contributed by atoms with E-state index in [9.17, 15) is 14.0 Å². The highest BCUT2D eigenvalue weighted by atomic mass is 19.1. The zero-order valence-electron chi connectivity index (χ0n) is 16.5. The molecule has 0 aliphatic carbocycles. The highest BCUT2D eigenvalue weighted by molar-refractivity contribution is 5.79. The Hall–Kier alpha value is -3.55. The van der Waals surface area contributed by atoms with E-state index in [-0.39, 0.29) is 36.9 Å². The molecule has 2 atom stereocenters. The smallest absolute Gasteiger partial charge is 0.255 e. The van der Waals surface area contributed by atoms with E-state index in [1.54, 1.807) is 31.6 Å². The molecule has 30 heavy (non-hydrogen) atoms. The Morgan fingerprint density at radius 1 is 1.17 bits per heavy atom. The fourth-order valence-corrected chi connectivity index (χ4v) is 3.49. The summed E-state index contributed by atoms with van der Waals surface area (Å²) in [7, 11) is 1.58. The molecule has 1 saturated heterocycles. The molecule has 3 heterocycles. The van der Waals surface area contributed by atoms with Crippen LogP contribution in [0.25, 0.3) is 11.3 Å². The number of hydrogen-bond donors (Lipinski definition) is 1. The highest BCUT2D eigenvalue weighted by Gasteiger charge is 2.36. The van der Waals surface area contributed by atoms with Crippen molar-refractivity contribution in [2.24, 2.45) is 7.05 Å². The van der Waals surface area contributed by atoms with Gasteiger partial charge in [-0.25, -0.2) is 9.37 Å². The molecule has 154 valence electrons. The third-order valence-corrected chi connectivity index (χ3v) is 5.22. The predicted octanol–water partition coefficient (Wildman–Crippen LogP) is 2.05. The number of alkyl halides is 1. The van der Waals surface area contributed by atoms with Crippen LogP contribution in [-0.4, -0.2) is 50.6 Å². The molecule has 4 rings (SSSR count). The zero-order valence-corrected chi connectivity index (χ0v) is 16.5. The number of carbonyl (C=O) groups excluding carboxylic acids is 1. The van der Waals surface area contributed by atoms with Crippen LogP contribution in [0.15, 0.2) is 65.7 Å². The second kappa shape index (κ2) is 8.44. The van der Waals surface area contributed by atoms with Crippen molar-refractivity contribution < 1.29 is 9.18 Å². The standard InChI is InChI=1S/C22H22FN5O2/c1-27-20(29)12-18(16-7-9-24-10-8-16)25-22(27)26-19-14-28(13-17(19)23)21(30)11-15-5-3-2-4-6-15/h2-10,12,17,19H,11,13-14H2,1H3,(H,25,26)/t17-,19-/m1/s1. The molecule has 8 heteroatoms. The van der Waals surface area contributed by atoms with E-state index in [0.29, 0.717) is 5.69 Å². The molecule has 0 saturated carbocycles. The normalized spacial score (nSPS) is 18.4. The van der Waals surface area contributed by atoms with Crippen LogP contribution < -0.4 is 10.9 Å². The summed E-state index contributed by atoms with van der Waals surface area (Å²) in [5.41, 5.74) is 1.86. The Labute approximate surface area is 173 Å². The molecule has 1 aromatic carbocycles. The number of aromatic nitrogens is 3. The molecule has 1 N–H and O–H groups in total. The van der Waals surface area contributed by atoms with Crippen LogP contribution in [0, 0.1) is 0 Å². The van der Waals surface area contributed by atoms with Crippen LogP contribution in [-0.2, 0) is 18.3 Å². The second-order valence-electron chi connectivity index (χ2n) is 7.33. The molecule has 0 unspecified atom stereocenters. The number of halogens is 1. The van der Waals surface area contributed by atoms with Gasteiger partial charge in [-0.1, -0.05) is 30.3 Å². The predicted molar refractivity (Wildman–Crippen MR) is 112 cm³/mol. The minimum Gasteiger partial charge on any atom is -0.348 e. The monoisotopic (exact) mass is 407 g/mol. The molecule has 1 aliphatic rings. The van der Waals surface area contributed by atoms with Gasteiger partial charge in [0.25, 0.3) is 5.56 Å². The van der Waals surface area contributed by atoms with Crippen LogP contribution in [0.3, 0.4) is 0 Å². The first-order valence-corrected chi connectivity index (χ1v) is 9.72. The van der Waals surface area contributed by atoms with Gasteiger partial charge in [0.2, 0.25) is 11.9 Å². The first kappa shape index (κ1) is 19.8. The van der Waals surface area contributed by atoms with Crippen molar-refractivity contribution in [2.75, 3.05) is 18.4 Å². The van der Waals surface area contributed by atoms with E-state index in [2.05, 4.69) is 15.3 Å². The summed E-state index contributed by atoms with van der Waals surface area (Å²) in [6.07, 6.45) is 2.21. The Kier molecular flexibility index (Phi) is 5.56. The third kappa shape index (κ3) is 4.22. The Morgan fingerprint density at radius 3 is 2.63 bits per heavy atom. The van der Waals surface area contributed by atoms with Crippen molar-refractivity contribution in [3.63, 3.8) is 0 Å². The number of carbonyl (C=O) groups is 1. The average molecular weight is 407 g/mol. The molecule has 3 aromatic rings. The second-order valence-corrected chi connectivity index (χ2v) is 7.33. The lowest BCUT2D eigenvalue weighted by Crippen LogP contribution is -2.35. The number of hydrogen-bond acceptors (Lipinski definition) is 5. The van der Waals surface area contributed by atoms with Gasteiger partial charge in [-0.15, -0.1) is 0 Å². The number of anilines is 1. The molecular formula is C22H22FN5O2. The zero-order chi connectivity index (χ0) is 21.1. The number of nitrogens with zero attached hydrogens (tertiary/aromatic N) is 4. The van der Waals surface area contributed by atoms with Gasteiger partial charge in [0.1, 0.15) is 6.17 Å². The topological polar surface area (TPSA) is 80.1 Å². The molecule has 1 amide bonds. The molecule has 0 bridgehead atoms. The van der Waals surface area contributed by atoms with Crippen molar-refractivity contribution in [1.82, 2.24) is 19.4 Å². The van der Waals surface area contributed by atoms with Crippen molar-refractivity contribution in [3.8, 4) is 11.3 Å². The number of benzene rings is 1. The van der Waals surface area contributed by atoms with Gasteiger partial charge in [0.05, 0.1) is 24.7 Å². The maximum absolute atomic E-state index is 14.7. The molecule has 1 fully saturated rings. The Bertz CT molecular complexity index is 1090. The van der Waals surface area contributed by atoms with E-state index in [1.165, 1.54) is 15.5 Å². The summed E-state index contributed by atoms with van der Waals surface area (Å²) in [5.74, 6) is 0.139. The molecule has 0 radical (unpaired) electrons. The summed E-state index contributed by atoms with van der Waals surface area (Å²) < 4.78 is 16.0. The lowest BCUT2D eigenvalue weighted by atomic mass is 10.1. The van der Waals surface area contributed by atoms with E-state index >= 15 is 0 Å². The highest BCUT2D eigenvalue weighted by Crippen LogP contribution is 2.20. The summed E-state index contributed by atoms with van der Waals surface area (Å²) in [4.78, 5) is 34.9. The van der Waals surface area contributed by atoms with Gasteiger partial charge >= 0.3 is 0 Å². The average Bonchev–Trinajstić information content (AvgIpc) is 3.13. The third-order valence-electron chi connectivity index (χ3n) is 5.22. The summed E-state index contributed by atoms with van der Waals surface area (Å²) in [5, 5.41) is 3.03. The van der Waals surface area contributed by atoms with Gasteiger partial charge in [-0.05, 0) is 17.7 Å². The van der Waals surface area contributed by atoms with Crippen LogP contribution >= 0.6 is 0 Å². The minimum absolute atomic E-state index is 0.0152. The van der Waals surface area contributed by atoms with E-state index in [1.807, 2.05) is 30.3 Å². The number of amides is 1. The van der Waals surface area contributed by atoms with Crippen molar-refractivity contribution in [2.45, 2.75) is 18.6 Å². The van der Waals surface area contributed by atoms with Crippen LogP contribution in [0.5, 0.6) is 0 Å². The fourth-order valence-electron chi connectivity index (χ4n) is 3.49. The summed E-state index contributed by atoms with van der Waals surface area (Å²) in [6, 6.07) is 13.7. The first-order valence-electron chi connectivity index (χ1n) is 9.72. The molecule has 0 spiro atoms. The number of likely N-dealkylation sites (tertiary alicyclic amines) is 1. The van der Waals surface area contributed by atoms with Gasteiger partial charge < -0.3 is 10.2 Å². The van der Waals surface area contributed by atoms with Gasteiger partial charge in [0.15, 0.2) is 0 Å². The molecule has 2 aromatic heterocycles. The van der Waals surface area contributed by atoms with Crippen molar-refractivity contribution >= 4 is 11.9 Å². The van der Waals surface area contributed by atoms with Gasteiger partial charge in [-0.2, -0.15) is 0 Å². The molecule has 7 nitrogen and oxygen atoms in total. The largest absolute Gasteiger partial charge is 0.348 e. The van der Waals surface area contributed by atoms with Crippen LogP contribution in [0.2, 0.25) is 0 Å². The van der Waals surface area contributed by atoms with Crippen LogP contribution in [0.1, 0.15) is 5.56 Å². The van der Waals surface area contributed by atoms with E-state index < -0.39 is 12.2 Å². The molecular weight excluding hydrogens is 385 g/mol. The number of nitrogens with one attached hydrogen (secondary N) is 1. The van der Waals surface area contributed by atoms with Crippen molar-refractivity contribution in [1.29, 1.82) is 0 Å². The Morgan fingerprint density at radius 2 is 1.90 bits per heavy atom. The van der Waals surface area contributed by atoms with Gasteiger partial charge in [-0.3, -0.25) is 19.1 Å². The minimum atomic E-state index is -1.26. The van der Waals surface area contributed by atoms with E-state index in [4.69, 9.17) is 0 Å². The number of rotatable bonds is 5. The maximum Gasteiger partial charge on any atom is 0.255 e. The van der Waals surface area contributed by atoms with Gasteiger partial charge in [0, 0.05) is 37.6 Å². The fraction of sp³-hybridized carbons (Fsp3) is 0.273. The van der Waals surface area contributed by atoms with E-state index in [0.717, 1.165) is 11.1 Å².